The third-order valence-corrected chi connectivity index (χ3v) is 15.0. The monoisotopic (exact) mass is 760 g/mol. The van der Waals surface area contributed by atoms with Crippen molar-refractivity contribution in [3.8, 4) is 56.0 Å². The Morgan fingerprint density at radius 1 is 0.475 bits per heavy atom. The number of fused-ring (bicyclic) bond motifs is 12. The molecule has 1 nitrogen and oxygen atoms in total. The van der Waals surface area contributed by atoms with Gasteiger partial charge in [-0.15, -0.1) is 0 Å². The molecule has 1 aromatic heterocycles. The molecule has 5 aliphatic carbocycles. The minimum Gasteiger partial charge on any atom is -0.456 e. The topological polar surface area (TPSA) is 13.1 Å². The number of hydrogen-bond acceptors (Lipinski definition) is 1. The predicted molar refractivity (Wildman–Crippen MR) is 247 cm³/mol. The van der Waals surface area contributed by atoms with Crippen LogP contribution in [-0.2, 0) is 16.2 Å². The summed E-state index contributed by atoms with van der Waals surface area (Å²) >= 11 is 0. The molecule has 0 saturated carbocycles. The summed E-state index contributed by atoms with van der Waals surface area (Å²) in [5.41, 5.74) is 22.6. The van der Waals surface area contributed by atoms with Crippen LogP contribution in [0.25, 0.3) is 72.4 Å². The van der Waals surface area contributed by atoms with Crippen molar-refractivity contribution in [3.05, 3.63) is 196 Å². The number of benzene rings is 6. The zero-order valence-corrected chi connectivity index (χ0v) is 35.0. The van der Waals surface area contributed by atoms with Crippen LogP contribution in [0, 0.1) is 11.8 Å². The fraction of sp³-hybridized carbons (Fsp3) is 0.207. The first-order chi connectivity index (χ1) is 28.4. The summed E-state index contributed by atoms with van der Waals surface area (Å²) < 4.78 is 6.80. The lowest BCUT2D eigenvalue weighted by Crippen LogP contribution is -2.20. The zero-order valence-electron chi connectivity index (χ0n) is 35.0. The van der Waals surface area contributed by atoms with E-state index < -0.39 is 0 Å². The van der Waals surface area contributed by atoms with E-state index in [0.717, 1.165) is 22.6 Å². The normalized spacial score (nSPS) is 20.4. The smallest absolute Gasteiger partial charge is 0.134 e. The van der Waals surface area contributed by atoms with Crippen molar-refractivity contribution >= 4 is 16.3 Å². The van der Waals surface area contributed by atoms with Crippen molar-refractivity contribution in [1.82, 2.24) is 0 Å². The lowest BCUT2D eigenvalue weighted by molar-refractivity contribution is 0.579. The highest BCUT2D eigenvalue weighted by atomic mass is 16.3. The first-order valence-corrected chi connectivity index (χ1v) is 21.5. The van der Waals surface area contributed by atoms with Gasteiger partial charge in [0.05, 0.1) is 0 Å². The SMILES string of the molecule is CC1C=CC=C2C3=C(C=CC21)C(C)(C)c1cc2c(cc13)C(C)(C)c1cc(-c3ccc(-c4ccc5c(c4)C(C)(C)c4cc(-c6ccccc6)c6ccccc6c4-5)o3)ccc1-2. The fourth-order valence-electron chi connectivity index (χ4n) is 11.7. The van der Waals surface area contributed by atoms with Crippen LogP contribution in [0.2, 0.25) is 0 Å². The maximum atomic E-state index is 6.80. The van der Waals surface area contributed by atoms with Crippen LogP contribution in [0.15, 0.2) is 167 Å². The molecule has 1 heterocycles. The summed E-state index contributed by atoms with van der Waals surface area (Å²) in [7, 11) is 0. The molecular weight excluding hydrogens is 713 g/mol. The number of furan rings is 1. The van der Waals surface area contributed by atoms with Crippen molar-refractivity contribution < 1.29 is 4.42 Å². The van der Waals surface area contributed by atoms with Crippen LogP contribution in [-0.4, -0.2) is 0 Å². The van der Waals surface area contributed by atoms with Crippen molar-refractivity contribution in [2.75, 3.05) is 0 Å². The number of allylic oxidation sites excluding steroid dienone is 8. The average Bonchev–Trinajstić information content (AvgIpc) is 3.95. The summed E-state index contributed by atoms with van der Waals surface area (Å²) in [6.07, 6.45) is 11.9. The van der Waals surface area contributed by atoms with Gasteiger partial charge in [-0.2, -0.15) is 0 Å². The van der Waals surface area contributed by atoms with E-state index in [-0.39, 0.29) is 16.2 Å². The average molecular weight is 761 g/mol. The van der Waals surface area contributed by atoms with Crippen molar-refractivity contribution in [2.45, 2.75) is 64.7 Å². The zero-order chi connectivity index (χ0) is 40.2. The highest BCUT2D eigenvalue weighted by Gasteiger charge is 2.45. The van der Waals surface area contributed by atoms with Gasteiger partial charge in [-0.25, -0.2) is 0 Å². The van der Waals surface area contributed by atoms with Gasteiger partial charge in [0.25, 0.3) is 0 Å². The molecule has 0 spiro atoms. The van der Waals surface area contributed by atoms with Crippen LogP contribution in [0.5, 0.6) is 0 Å². The highest BCUT2D eigenvalue weighted by molar-refractivity contribution is 6.09. The van der Waals surface area contributed by atoms with Crippen molar-refractivity contribution in [1.29, 1.82) is 0 Å². The molecule has 0 fully saturated rings. The Morgan fingerprint density at radius 2 is 1.07 bits per heavy atom. The van der Waals surface area contributed by atoms with E-state index in [2.05, 4.69) is 200 Å². The Hall–Kier alpha value is -6.18. The molecule has 6 aromatic carbocycles. The molecule has 0 bridgehead atoms. The maximum absolute atomic E-state index is 6.80. The summed E-state index contributed by atoms with van der Waals surface area (Å²) in [5.74, 6) is 2.74. The number of rotatable bonds is 3. The van der Waals surface area contributed by atoms with Crippen LogP contribution >= 0.6 is 0 Å². The fourth-order valence-corrected chi connectivity index (χ4v) is 11.7. The van der Waals surface area contributed by atoms with Gasteiger partial charge in [0.1, 0.15) is 11.5 Å². The molecular formula is C58H48O. The Balaban J connectivity index is 0.904. The van der Waals surface area contributed by atoms with Gasteiger partial charge in [-0.05, 0) is 143 Å². The second kappa shape index (κ2) is 11.7. The van der Waals surface area contributed by atoms with E-state index in [1.807, 2.05) is 0 Å². The van der Waals surface area contributed by atoms with E-state index in [9.17, 15) is 0 Å². The molecule has 7 aromatic rings. The number of hydrogen-bond donors (Lipinski definition) is 0. The minimum absolute atomic E-state index is 0.0573. The summed E-state index contributed by atoms with van der Waals surface area (Å²) in [6, 6.07) is 45.5. The van der Waals surface area contributed by atoms with Gasteiger partial charge in [0, 0.05) is 33.3 Å². The van der Waals surface area contributed by atoms with Gasteiger partial charge in [0.15, 0.2) is 0 Å². The largest absolute Gasteiger partial charge is 0.456 e. The summed E-state index contributed by atoms with van der Waals surface area (Å²) in [6.45, 7) is 16.7. The molecule has 0 radical (unpaired) electrons. The van der Waals surface area contributed by atoms with E-state index in [1.54, 1.807) is 0 Å². The Kier molecular flexibility index (Phi) is 6.92. The third kappa shape index (κ3) is 4.62. The van der Waals surface area contributed by atoms with Gasteiger partial charge in [-0.1, -0.05) is 158 Å². The quantitative estimate of drug-likeness (QED) is 0.175. The van der Waals surface area contributed by atoms with Crippen LogP contribution in [0.1, 0.15) is 81.8 Å². The molecule has 5 aliphatic rings. The second-order valence-corrected chi connectivity index (χ2v) is 19.3. The lowest BCUT2D eigenvalue weighted by atomic mass is 9.73. The molecule has 2 atom stereocenters. The van der Waals surface area contributed by atoms with Gasteiger partial charge >= 0.3 is 0 Å². The van der Waals surface area contributed by atoms with E-state index in [0.29, 0.717) is 11.8 Å². The van der Waals surface area contributed by atoms with Crippen LogP contribution in [0.4, 0.5) is 0 Å². The predicted octanol–water partition coefficient (Wildman–Crippen LogP) is 15.4. The molecule has 286 valence electrons. The first kappa shape index (κ1) is 34.8. The summed E-state index contributed by atoms with van der Waals surface area (Å²) in [4.78, 5) is 0. The molecule has 59 heavy (non-hydrogen) atoms. The Morgan fingerprint density at radius 3 is 1.81 bits per heavy atom. The van der Waals surface area contributed by atoms with E-state index >= 15 is 0 Å². The van der Waals surface area contributed by atoms with E-state index in [1.165, 1.54) is 94.3 Å². The Bertz CT molecular complexity index is 3130. The highest BCUT2D eigenvalue weighted by Crippen LogP contribution is 2.59. The molecule has 0 amide bonds. The van der Waals surface area contributed by atoms with Gasteiger partial charge < -0.3 is 4.42 Å². The molecule has 0 saturated heterocycles. The Labute approximate surface area is 348 Å². The van der Waals surface area contributed by atoms with Crippen molar-refractivity contribution in [3.63, 3.8) is 0 Å². The summed E-state index contributed by atoms with van der Waals surface area (Å²) in [5, 5.41) is 2.61. The van der Waals surface area contributed by atoms with Gasteiger partial charge in [0.2, 0.25) is 0 Å². The standard InChI is InChI=1S/C58H48O/c1-33-14-13-19-40-37(33)24-25-46-55(40)45-32-49-44(31-50(45)56(46,2)3)39-22-20-35(28-47(39)57(49,4)5)52-26-27-53(59-52)36-21-23-42-48(29-36)58(6,7)51-30-43(34-15-9-8-10-16-34)38-17-11-12-18-41(38)54(42)51/h8-33,37H,1-7H3. The molecule has 0 N–H and O–H groups in total. The van der Waals surface area contributed by atoms with Crippen LogP contribution in [0.3, 0.4) is 0 Å². The maximum Gasteiger partial charge on any atom is 0.134 e. The van der Waals surface area contributed by atoms with Gasteiger partial charge in [-0.3, -0.25) is 0 Å². The van der Waals surface area contributed by atoms with Crippen LogP contribution < -0.4 is 0 Å². The minimum atomic E-state index is -0.171. The first-order valence-electron chi connectivity index (χ1n) is 21.5. The third-order valence-electron chi connectivity index (χ3n) is 15.0. The second-order valence-electron chi connectivity index (χ2n) is 19.3. The lowest BCUT2D eigenvalue weighted by Gasteiger charge is -2.31. The molecule has 2 unspecified atom stereocenters. The molecule has 1 heteroatoms. The van der Waals surface area contributed by atoms with E-state index in [4.69, 9.17) is 4.42 Å². The van der Waals surface area contributed by atoms with Crippen molar-refractivity contribution in [2.24, 2.45) is 11.8 Å². The molecule has 12 rings (SSSR count). The molecule has 0 aliphatic heterocycles.